The van der Waals surface area contributed by atoms with Gasteiger partial charge in [0.05, 0.1) is 18.2 Å². The molecule has 10 nitrogen and oxygen atoms in total. The number of nitriles is 1. The van der Waals surface area contributed by atoms with Crippen molar-refractivity contribution in [3.63, 3.8) is 0 Å². The highest BCUT2D eigenvalue weighted by Crippen LogP contribution is 2.49. The summed E-state index contributed by atoms with van der Waals surface area (Å²) in [7, 11) is 0. The predicted octanol–water partition coefficient (Wildman–Crippen LogP) is 3.69. The first-order valence-corrected chi connectivity index (χ1v) is 12.9. The molecule has 4 unspecified atom stereocenters. The molecule has 0 saturated carbocycles. The molecule has 194 valence electrons. The van der Waals surface area contributed by atoms with Gasteiger partial charge in [0.1, 0.15) is 10.9 Å². The number of benzene rings is 2. The molecule has 2 aromatic carbocycles. The molecule has 4 N–H and O–H groups in total. The zero-order valence-corrected chi connectivity index (χ0v) is 21.1. The average molecular weight is 533 g/mol. The van der Waals surface area contributed by atoms with E-state index < -0.39 is 18.1 Å². The molecule has 1 saturated heterocycles. The maximum Gasteiger partial charge on any atom is 0.353 e. The Morgan fingerprint density at radius 1 is 1.13 bits per heavy atom. The van der Waals surface area contributed by atoms with Crippen molar-refractivity contribution in [2.45, 2.75) is 25.1 Å². The van der Waals surface area contributed by atoms with Crippen molar-refractivity contribution >= 4 is 17.3 Å². The van der Waals surface area contributed by atoms with E-state index in [4.69, 9.17) is 29.4 Å². The van der Waals surface area contributed by atoms with E-state index in [-0.39, 0.29) is 24.6 Å². The standard InChI is InChI=1S/C27H24N4O6S/c1-2-33-20-10-14(5-8-18(20)36-27(32)21-4-3-9-38-21)22-16(12-28)25(29)37-26-23(22)24(30-31-26)15-6-7-17-19(11-15)35-13-34-17/h3-11,22-24,26,30-31H,2,13,29H2,1H3. The number of esters is 1. The predicted molar refractivity (Wildman–Crippen MR) is 136 cm³/mol. The minimum absolute atomic E-state index is 0.0607. The van der Waals surface area contributed by atoms with Crippen LogP contribution in [-0.2, 0) is 4.74 Å². The van der Waals surface area contributed by atoms with Crippen molar-refractivity contribution < 1.29 is 28.5 Å². The third kappa shape index (κ3) is 4.18. The second kappa shape index (κ2) is 9.90. The quantitative estimate of drug-likeness (QED) is 0.318. The van der Waals surface area contributed by atoms with E-state index in [0.29, 0.717) is 40.1 Å². The molecular weight excluding hydrogens is 508 g/mol. The summed E-state index contributed by atoms with van der Waals surface area (Å²) in [5.41, 5.74) is 14.7. The van der Waals surface area contributed by atoms with Crippen molar-refractivity contribution in [3.05, 3.63) is 81.4 Å². The Kier molecular flexibility index (Phi) is 6.29. The average Bonchev–Trinajstić information content (AvgIpc) is 3.69. The molecule has 3 aliphatic rings. The van der Waals surface area contributed by atoms with Crippen LogP contribution in [0, 0.1) is 17.2 Å². The summed E-state index contributed by atoms with van der Waals surface area (Å²) in [6.45, 7) is 2.38. The molecule has 4 atom stereocenters. The normalized spacial score (nSPS) is 23.4. The Balaban J connectivity index is 1.38. The minimum Gasteiger partial charge on any atom is -0.490 e. The number of hydrazine groups is 1. The lowest BCUT2D eigenvalue weighted by Crippen LogP contribution is -2.41. The molecule has 38 heavy (non-hydrogen) atoms. The molecule has 0 aliphatic carbocycles. The zero-order chi connectivity index (χ0) is 26.2. The molecule has 1 fully saturated rings. The van der Waals surface area contributed by atoms with Crippen LogP contribution in [0.4, 0.5) is 0 Å². The van der Waals surface area contributed by atoms with E-state index in [9.17, 15) is 10.1 Å². The summed E-state index contributed by atoms with van der Waals surface area (Å²) >= 11 is 1.30. The Bertz CT molecular complexity index is 1450. The number of nitrogens with one attached hydrogen (secondary N) is 2. The number of nitrogens with two attached hydrogens (primary N) is 1. The van der Waals surface area contributed by atoms with Gasteiger partial charge in [-0.2, -0.15) is 5.26 Å². The fourth-order valence-electron chi connectivity index (χ4n) is 5.10. The van der Waals surface area contributed by atoms with Crippen LogP contribution in [0.2, 0.25) is 0 Å². The molecule has 0 spiro atoms. The van der Waals surface area contributed by atoms with Crippen molar-refractivity contribution in [3.8, 4) is 29.1 Å². The van der Waals surface area contributed by atoms with Crippen molar-refractivity contribution in [2.75, 3.05) is 13.4 Å². The Hall–Kier alpha value is -4.24. The first-order valence-electron chi connectivity index (χ1n) is 12.1. The minimum atomic E-state index is -0.501. The molecule has 0 radical (unpaired) electrons. The van der Waals surface area contributed by atoms with Crippen molar-refractivity contribution in [2.24, 2.45) is 11.7 Å². The third-order valence-electron chi connectivity index (χ3n) is 6.76. The number of nitrogens with zero attached hydrogens (tertiary/aromatic N) is 1. The van der Waals surface area contributed by atoms with Gasteiger partial charge in [-0.3, -0.25) is 0 Å². The molecule has 3 aromatic rings. The number of hydrogen-bond acceptors (Lipinski definition) is 11. The second-order valence-corrected chi connectivity index (χ2v) is 9.82. The van der Waals surface area contributed by atoms with Gasteiger partial charge in [0.25, 0.3) is 0 Å². The SMILES string of the molecule is CCOc1cc(C2C(C#N)=C(N)OC3NNC(c4ccc5c(c4)OCO5)C32)ccc1OC(=O)c1cccs1. The van der Waals surface area contributed by atoms with Gasteiger partial charge in [-0.1, -0.05) is 18.2 Å². The monoisotopic (exact) mass is 532 g/mol. The number of carbonyl (C=O) groups excluding carboxylic acids is 1. The fraction of sp³-hybridized carbons (Fsp3) is 0.259. The fourth-order valence-corrected chi connectivity index (χ4v) is 5.70. The lowest BCUT2D eigenvalue weighted by Gasteiger charge is -2.36. The highest BCUT2D eigenvalue weighted by molar-refractivity contribution is 7.12. The number of rotatable bonds is 6. The van der Waals surface area contributed by atoms with Crippen LogP contribution in [0.5, 0.6) is 23.0 Å². The van der Waals surface area contributed by atoms with Gasteiger partial charge in [0.15, 0.2) is 29.2 Å². The van der Waals surface area contributed by atoms with Crippen molar-refractivity contribution in [1.82, 2.24) is 10.9 Å². The first kappa shape index (κ1) is 24.1. The van der Waals surface area contributed by atoms with Gasteiger partial charge in [-0.15, -0.1) is 11.3 Å². The van der Waals surface area contributed by atoms with Gasteiger partial charge in [0, 0.05) is 11.8 Å². The zero-order valence-electron chi connectivity index (χ0n) is 20.3. The Morgan fingerprint density at radius 2 is 1.97 bits per heavy atom. The number of hydrogen-bond donors (Lipinski definition) is 3. The third-order valence-corrected chi connectivity index (χ3v) is 7.61. The van der Waals surface area contributed by atoms with E-state index in [2.05, 4.69) is 16.9 Å². The van der Waals surface area contributed by atoms with Gasteiger partial charge in [-0.25, -0.2) is 15.6 Å². The highest BCUT2D eigenvalue weighted by Gasteiger charge is 2.49. The van der Waals surface area contributed by atoms with E-state index in [1.165, 1.54) is 11.3 Å². The van der Waals surface area contributed by atoms with Crippen LogP contribution in [0.15, 0.2) is 65.4 Å². The molecule has 11 heteroatoms. The molecular formula is C27H24N4O6S. The summed E-state index contributed by atoms with van der Waals surface area (Å²) in [6, 6.07) is 16.6. The molecule has 4 heterocycles. The summed E-state index contributed by atoms with van der Waals surface area (Å²) < 4.78 is 28.5. The summed E-state index contributed by atoms with van der Waals surface area (Å²) in [5, 5.41) is 11.9. The molecule has 1 aromatic heterocycles. The highest BCUT2D eigenvalue weighted by atomic mass is 32.1. The second-order valence-electron chi connectivity index (χ2n) is 8.87. The van der Waals surface area contributed by atoms with Gasteiger partial charge >= 0.3 is 5.97 Å². The number of allylic oxidation sites excluding steroid dienone is 1. The summed E-state index contributed by atoms with van der Waals surface area (Å²) in [4.78, 5) is 13.1. The topological polar surface area (TPSA) is 137 Å². The lowest BCUT2D eigenvalue weighted by atomic mass is 9.74. The van der Waals surface area contributed by atoms with Crippen LogP contribution in [0.25, 0.3) is 0 Å². The van der Waals surface area contributed by atoms with Gasteiger partial charge in [0.2, 0.25) is 12.7 Å². The number of ether oxygens (including phenoxy) is 5. The molecule has 3 aliphatic heterocycles. The Morgan fingerprint density at radius 3 is 2.76 bits per heavy atom. The van der Waals surface area contributed by atoms with Crippen LogP contribution < -0.4 is 35.5 Å². The number of carbonyl (C=O) groups is 1. The Labute approximate surface area is 222 Å². The maximum absolute atomic E-state index is 12.6. The number of thiophene rings is 1. The lowest BCUT2D eigenvalue weighted by molar-refractivity contribution is 0.0340. The summed E-state index contributed by atoms with van der Waals surface area (Å²) in [5.74, 6) is 0.926. The largest absolute Gasteiger partial charge is 0.490 e. The van der Waals surface area contributed by atoms with Crippen LogP contribution in [0.1, 0.15) is 39.7 Å². The molecule has 0 amide bonds. The molecule has 6 rings (SSSR count). The number of fused-ring (bicyclic) bond motifs is 2. The maximum atomic E-state index is 12.6. The van der Waals surface area contributed by atoms with E-state index in [1.54, 1.807) is 24.3 Å². The van der Waals surface area contributed by atoms with Crippen LogP contribution >= 0.6 is 11.3 Å². The van der Waals surface area contributed by atoms with E-state index in [0.717, 1.165) is 11.1 Å². The summed E-state index contributed by atoms with van der Waals surface area (Å²) in [6.07, 6.45) is -0.501. The van der Waals surface area contributed by atoms with Gasteiger partial charge in [-0.05, 0) is 53.8 Å². The van der Waals surface area contributed by atoms with E-state index >= 15 is 0 Å². The molecule has 0 bridgehead atoms. The smallest absolute Gasteiger partial charge is 0.353 e. The van der Waals surface area contributed by atoms with E-state index in [1.807, 2.05) is 36.6 Å². The van der Waals surface area contributed by atoms with Gasteiger partial charge < -0.3 is 29.4 Å². The first-order chi connectivity index (χ1) is 18.6. The van der Waals surface area contributed by atoms with Crippen molar-refractivity contribution in [1.29, 1.82) is 5.26 Å². The van der Waals surface area contributed by atoms with Crippen LogP contribution in [-0.4, -0.2) is 25.6 Å². The van der Waals surface area contributed by atoms with Crippen LogP contribution in [0.3, 0.4) is 0 Å².